The van der Waals surface area contributed by atoms with Crippen LogP contribution in [0.4, 0.5) is 0 Å². The number of rotatable bonds is 6. The van der Waals surface area contributed by atoms with Gasteiger partial charge in [0.1, 0.15) is 12.4 Å². The zero-order chi connectivity index (χ0) is 13.5. The largest absolute Gasteiger partial charge is 0.492 e. The molecular weight excluding hydrogens is 256 g/mol. The van der Waals surface area contributed by atoms with Gasteiger partial charge in [-0.15, -0.1) is 0 Å². The summed E-state index contributed by atoms with van der Waals surface area (Å²) in [7, 11) is 0. The Morgan fingerprint density at radius 1 is 1.42 bits per heavy atom. The Kier molecular flexibility index (Phi) is 6.01. The van der Waals surface area contributed by atoms with Crippen LogP contribution in [0.25, 0.3) is 0 Å². The molecule has 106 valence electrons. The zero-order valence-corrected chi connectivity index (χ0v) is 12.5. The number of nitrogens with two attached hydrogens (primary N) is 1. The molecule has 0 radical (unpaired) electrons. The number of ether oxygens (including phenoxy) is 1. The molecular formula is C15H24N2OS. The van der Waals surface area contributed by atoms with Crippen LogP contribution in [0, 0.1) is 0 Å². The molecule has 3 nitrogen and oxygen atoms in total. The van der Waals surface area contributed by atoms with Gasteiger partial charge in [-0.1, -0.05) is 18.2 Å². The Hall–Kier alpha value is -0.710. The highest BCUT2D eigenvalue weighted by molar-refractivity contribution is 7.98. The predicted octanol–water partition coefficient (Wildman–Crippen LogP) is 2.35. The minimum Gasteiger partial charge on any atom is -0.492 e. The second kappa shape index (κ2) is 7.78. The summed E-state index contributed by atoms with van der Waals surface area (Å²) >= 11 is 1.91. The van der Waals surface area contributed by atoms with E-state index in [2.05, 4.69) is 29.4 Å². The van der Waals surface area contributed by atoms with Crippen molar-refractivity contribution in [3.63, 3.8) is 0 Å². The summed E-state index contributed by atoms with van der Waals surface area (Å²) in [6.45, 7) is 3.42. The van der Waals surface area contributed by atoms with Gasteiger partial charge in [0.2, 0.25) is 0 Å². The van der Waals surface area contributed by atoms with Crippen molar-refractivity contribution in [2.45, 2.75) is 25.4 Å². The normalized spacial score (nSPS) is 17.4. The van der Waals surface area contributed by atoms with E-state index in [9.17, 15) is 0 Å². The van der Waals surface area contributed by atoms with Gasteiger partial charge in [0, 0.05) is 31.2 Å². The van der Waals surface area contributed by atoms with Gasteiger partial charge >= 0.3 is 0 Å². The summed E-state index contributed by atoms with van der Waals surface area (Å²) in [5.74, 6) is 2.25. The third-order valence-corrected chi connectivity index (χ3v) is 4.35. The smallest absolute Gasteiger partial charge is 0.123 e. The molecule has 0 amide bonds. The second-order valence-electron chi connectivity index (χ2n) is 4.95. The summed E-state index contributed by atoms with van der Waals surface area (Å²) in [5, 5.41) is 0. The molecule has 1 atom stereocenters. The van der Waals surface area contributed by atoms with E-state index in [0.717, 1.165) is 32.0 Å². The van der Waals surface area contributed by atoms with E-state index in [4.69, 9.17) is 10.5 Å². The van der Waals surface area contributed by atoms with E-state index in [1.807, 2.05) is 17.8 Å². The van der Waals surface area contributed by atoms with E-state index in [-0.39, 0.29) is 0 Å². The van der Waals surface area contributed by atoms with Gasteiger partial charge in [0.05, 0.1) is 0 Å². The lowest BCUT2D eigenvalue weighted by atomic mass is 10.1. The number of benzene rings is 1. The molecule has 1 aliphatic rings. The molecule has 0 fully saturated rings. The highest BCUT2D eigenvalue weighted by Gasteiger charge is 2.21. The molecule has 1 aromatic carbocycles. The maximum Gasteiger partial charge on any atom is 0.123 e. The summed E-state index contributed by atoms with van der Waals surface area (Å²) in [6, 6.07) is 8.80. The first-order chi connectivity index (χ1) is 9.35. The van der Waals surface area contributed by atoms with Gasteiger partial charge in [-0.05, 0) is 30.9 Å². The van der Waals surface area contributed by atoms with Crippen molar-refractivity contribution >= 4 is 11.8 Å². The van der Waals surface area contributed by atoms with Crippen LogP contribution in [-0.2, 0) is 6.54 Å². The van der Waals surface area contributed by atoms with Crippen molar-refractivity contribution in [3.8, 4) is 5.75 Å². The Balaban J connectivity index is 1.99. The van der Waals surface area contributed by atoms with Crippen molar-refractivity contribution < 1.29 is 4.74 Å². The number of thioether (sulfide) groups is 1. The number of fused-ring (bicyclic) bond motifs is 1. The molecule has 2 rings (SSSR count). The van der Waals surface area contributed by atoms with Crippen LogP contribution in [0.1, 0.15) is 18.4 Å². The average molecular weight is 280 g/mol. The number of hydrogen-bond donors (Lipinski definition) is 1. The van der Waals surface area contributed by atoms with E-state index in [1.165, 1.54) is 24.2 Å². The molecule has 0 saturated heterocycles. The quantitative estimate of drug-likeness (QED) is 0.812. The second-order valence-corrected chi connectivity index (χ2v) is 5.94. The van der Waals surface area contributed by atoms with Crippen molar-refractivity contribution in [2.75, 3.05) is 31.7 Å². The third kappa shape index (κ3) is 4.13. The van der Waals surface area contributed by atoms with Crippen LogP contribution in [0.3, 0.4) is 0 Å². The van der Waals surface area contributed by atoms with E-state index < -0.39 is 0 Å². The van der Waals surface area contributed by atoms with Gasteiger partial charge in [-0.25, -0.2) is 0 Å². The molecule has 0 aliphatic carbocycles. The van der Waals surface area contributed by atoms with Gasteiger partial charge in [0.25, 0.3) is 0 Å². The first-order valence-corrected chi connectivity index (χ1v) is 8.38. The van der Waals surface area contributed by atoms with Gasteiger partial charge in [-0.2, -0.15) is 11.8 Å². The fraction of sp³-hybridized carbons (Fsp3) is 0.600. The van der Waals surface area contributed by atoms with E-state index >= 15 is 0 Å². The molecule has 1 unspecified atom stereocenters. The molecule has 0 saturated carbocycles. The Morgan fingerprint density at radius 3 is 3.05 bits per heavy atom. The lowest BCUT2D eigenvalue weighted by Gasteiger charge is -2.29. The molecule has 2 N–H and O–H groups in total. The van der Waals surface area contributed by atoms with Crippen LogP contribution in [0.5, 0.6) is 5.75 Å². The monoisotopic (exact) mass is 280 g/mol. The lowest BCUT2D eigenvalue weighted by molar-refractivity contribution is 0.164. The Bertz CT molecular complexity index is 386. The summed E-state index contributed by atoms with van der Waals surface area (Å²) in [6.07, 6.45) is 4.58. The molecule has 1 heterocycles. The van der Waals surface area contributed by atoms with E-state index in [0.29, 0.717) is 6.04 Å². The molecule has 0 spiro atoms. The standard InChI is InChI=1S/C15H24N2OS/c1-19-10-4-6-14(11-16)17-8-9-18-15-7-3-2-5-13(15)12-17/h2-3,5,7,14H,4,6,8-12,16H2,1H3. The minimum atomic E-state index is 0.474. The lowest BCUT2D eigenvalue weighted by Crippen LogP contribution is -2.41. The van der Waals surface area contributed by atoms with Crippen LogP contribution < -0.4 is 10.5 Å². The van der Waals surface area contributed by atoms with Crippen molar-refractivity contribution in [3.05, 3.63) is 29.8 Å². The maximum atomic E-state index is 5.97. The SMILES string of the molecule is CSCCCC(CN)N1CCOc2ccccc2C1. The first-order valence-electron chi connectivity index (χ1n) is 6.99. The first kappa shape index (κ1) is 14.7. The molecule has 0 bridgehead atoms. The number of hydrogen-bond acceptors (Lipinski definition) is 4. The zero-order valence-electron chi connectivity index (χ0n) is 11.7. The predicted molar refractivity (Wildman–Crippen MR) is 82.8 cm³/mol. The minimum absolute atomic E-state index is 0.474. The van der Waals surface area contributed by atoms with Gasteiger partial charge < -0.3 is 10.5 Å². The number of nitrogens with zero attached hydrogens (tertiary/aromatic N) is 1. The molecule has 4 heteroatoms. The van der Waals surface area contributed by atoms with Crippen molar-refractivity contribution in [2.24, 2.45) is 5.73 Å². The number of para-hydroxylation sites is 1. The summed E-state index contributed by atoms with van der Waals surface area (Å²) in [5.41, 5.74) is 7.25. The summed E-state index contributed by atoms with van der Waals surface area (Å²) in [4.78, 5) is 2.48. The third-order valence-electron chi connectivity index (χ3n) is 3.66. The van der Waals surface area contributed by atoms with Crippen molar-refractivity contribution in [1.82, 2.24) is 4.90 Å². The van der Waals surface area contributed by atoms with Crippen LogP contribution in [0.2, 0.25) is 0 Å². The van der Waals surface area contributed by atoms with Gasteiger partial charge in [0.15, 0.2) is 0 Å². The molecule has 1 aliphatic heterocycles. The fourth-order valence-electron chi connectivity index (χ4n) is 2.57. The van der Waals surface area contributed by atoms with Crippen LogP contribution >= 0.6 is 11.8 Å². The molecule has 1 aromatic rings. The van der Waals surface area contributed by atoms with Gasteiger partial charge in [-0.3, -0.25) is 4.90 Å². The highest BCUT2D eigenvalue weighted by atomic mass is 32.2. The van der Waals surface area contributed by atoms with Crippen molar-refractivity contribution in [1.29, 1.82) is 0 Å². The highest BCUT2D eigenvalue weighted by Crippen LogP contribution is 2.24. The van der Waals surface area contributed by atoms with Crippen LogP contribution in [-0.4, -0.2) is 42.6 Å². The van der Waals surface area contributed by atoms with E-state index in [1.54, 1.807) is 0 Å². The Morgan fingerprint density at radius 2 is 2.26 bits per heavy atom. The Labute approximate surface area is 120 Å². The summed E-state index contributed by atoms with van der Waals surface area (Å²) < 4.78 is 5.81. The topological polar surface area (TPSA) is 38.5 Å². The van der Waals surface area contributed by atoms with Crippen LogP contribution in [0.15, 0.2) is 24.3 Å². The average Bonchev–Trinajstić information content (AvgIpc) is 2.66. The molecule has 19 heavy (non-hydrogen) atoms. The fourth-order valence-corrected chi connectivity index (χ4v) is 3.03. The maximum absolute atomic E-state index is 5.97. The molecule has 0 aromatic heterocycles.